The van der Waals surface area contributed by atoms with Gasteiger partial charge in [-0.2, -0.15) is 0 Å². The van der Waals surface area contributed by atoms with Gasteiger partial charge < -0.3 is 15.2 Å². The lowest BCUT2D eigenvalue weighted by Crippen LogP contribution is -2.33. The molecule has 1 saturated heterocycles. The summed E-state index contributed by atoms with van der Waals surface area (Å²) in [6, 6.07) is 0. The van der Waals surface area contributed by atoms with Crippen LogP contribution in [-0.2, 0) is 11.3 Å². The van der Waals surface area contributed by atoms with Crippen molar-refractivity contribution in [1.29, 1.82) is 0 Å². The average Bonchev–Trinajstić information content (AvgIpc) is 2.91. The van der Waals surface area contributed by atoms with Crippen molar-refractivity contribution in [2.45, 2.75) is 32.2 Å². The summed E-state index contributed by atoms with van der Waals surface area (Å²) in [5.41, 5.74) is 0. The van der Waals surface area contributed by atoms with Crippen LogP contribution in [0.3, 0.4) is 0 Å². The molecule has 0 saturated carbocycles. The summed E-state index contributed by atoms with van der Waals surface area (Å²) < 4.78 is 1.92. The van der Waals surface area contributed by atoms with Gasteiger partial charge in [0.1, 0.15) is 0 Å². The highest BCUT2D eigenvalue weighted by Crippen LogP contribution is 2.12. The molecule has 0 spiro atoms. The van der Waals surface area contributed by atoms with Crippen molar-refractivity contribution in [1.82, 2.24) is 20.2 Å². The third kappa shape index (κ3) is 7.12. The molecule has 20 heavy (non-hydrogen) atoms. The summed E-state index contributed by atoms with van der Waals surface area (Å²) in [6.45, 7) is 3.75. The maximum atomic E-state index is 11.6. The molecule has 2 N–H and O–H groups in total. The molecule has 1 fully saturated rings. The summed E-state index contributed by atoms with van der Waals surface area (Å²) in [4.78, 5) is 15.6. The first-order chi connectivity index (χ1) is 8.84. The van der Waals surface area contributed by atoms with Crippen LogP contribution >= 0.6 is 24.8 Å². The second-order valence-electron chi connectivity index (χ2n) is 4.90. The van der Waals surface area contributed by atoms with E-state index in [4.69, 9.17) is 0 Å². The predicted octanol–water partition coefficient (Wildman–Crippen LogP) is 1.62. The minimum atomic E-state index is 0. The zero-order valence-electron chi connectivity index (χ0n) is 11.6. The molecule has 1 aromatic rings. The molecule has 5 nitrogen and oxygen atoms in total. The molecule has 1 aliphatic rings. The van der Waals surface area contributed by atoms with E-state index in [1.165, 1.54) is 12.8 Å². The first kappa shape index (κ1) is 19.2. The number of hydrogen-bond donors (Lipinski definition) is 2. The fourth-order valence-electron chi connectivity index (χ4n) is 2.32. The van der Waals surface area contributed by atoms with Crippen LogP contribution in [0.4, 0.5) is 0 Å². The van der Waals surface area contributed by atoms with Crippen molar-refractivity contribution in [2.24, 2.45) is 5.92 Å². The van der Waals surface area contributed by atoms with Gasteiger partial charge in [-0.1, -0.05) is 0 Å². The van der Waals surface area contributed by atoms with Crippen LogP contribution in [-0.4, -0.2) is 35.1 Å². The molecule has 1 unspecified atom stereocenters. The third-order valence-corrected chi connectivity index (χ3v) is 3.43. The second-order valence-corrected chi connectivity index (χ2v) is 4.90. The number of carbonyl (C=O) groups excluding carboxylic acids is 1. The molecule has 1 aliphatic heterocycles. The second kappa shape index (κ2) is 10.9. The molecule has 1 atom stereocenters. The summed E-state index contributed by atoms with van der Waals surface area (Å²) in [5.74, 6) is 0.861. The molecule has 0 radical (unpaired) electrons. The van der Waals surface area contributed by atoms with Crippen LogP contribution in [0, 0.1) is 5.92 Å². The van der Waals surface area contributed by atoms with Crippen LogP contribution in [0.2, 0.25) is 0 Å². The molecular weight excluding hydrogens is 299 g/mol. The Balaban J connectivity index is 0.00000180. The molecule has 0 bridgehead atoms. The Labute approximate surface area is 132 Å². The highest BCUT2D eigenvalue weighted by molar-refractivity contribution is 5.85. The zero-order valence-corrected chi connectivity index (χ0v) is 13.2. The molecule has 7 heteroatoms. The van der Waals surface area contributed by atoms with Crippen molar-refractivity contribution in [2.75, 3.05) is 19.6 Å². The minimum Gasteiger partial charge on any atom is -0.356 e. The topological polar surface area (TPSA) is 59.0 Å². The van der Waals surface area contributed by atoms with Crippen LogP contribution in [0.25, 0.3) is 0 Å². The maximum absolute atomic E-state index is 11.6. The van der Waals surface area contributed by atoms with Crippen molar-refractivity contribution in [3.8, 4) is 0 Å². The highest BCUT2D eigenvalue weighted by atomic mass is 35.5. The molecule has 0 aliphatic carbocycles. The lowest BCUT2D eigenvalue weighted by Gasteiger charge is -2.22. The molecule has 2 heterocycles. The summed E-state index contributed by atoms with van der Waals surface area (Å²) in [6.07, 6.45) is 9.51. The Hall–Kier alpha value is -0.780. The first-order valence-corrected chi connectivity index (χ1v) is 6.78. The lowest BCUT2D eigenvalue weighted by atomic mass is 9.96. The normalized spacial score (nSPS) is 17.7. The first-order valence-electron chi connectivity index (χ1n) is 6.78. The predicted molar refractivity (Wildman–Crippen MR) is 84.6 cm³/mol. The average molecular weight is 323 g/mol. The van der Waals surface area contributed by atoms with Gasteiger partial charge in [0.25, 0.3) is 0 Å². The van der Waals surface area contributed by atoms with Crippen molar-refractivity contribution >= 4 is 30.7 Å². The summed E-state index contributed by atoms with van der Waals surface area (Å²) in [7, 11) is 0. The quantitative estimate of drug-likeness (QED) is 0.836. The van der Waals surface area contributed by atoms with Gasteiger partial charge in [-0.15, -0.1) is 24.8 Å². The Morgan fingerprint density at radius 3 is 2.95 bits per heavy atom. The number of hydrogen-bond acceptors (Lipinski definition) is 3. The van der Waals surface area contributed by atoms with Gasteiger partial charge in [0.2, 0.25) is 5.91 Å². The highest BCUT2D eigenvalue weighted by Gasteiger charge is 2.12. The number of nitrogens with one attached hydrogen (secondary N) is 2. The fraction of sp³-hybridized carbons (Fsp3) is 0.692. The summed E-state index contributed by atoms with van der Waals surface area (Å²) >= 11 is 0. The van der Waals surface area contributed by atoms with E-state index in [-0.39, 0.29) is 30.7 Å². The number of aromatic nitrogens is 2. The molecule has 116 valence electrons. The zero-order chi connectivity index (χ0) is 12.6. The number of imidazole rings is 1. The summed E-state index contributed by atoms with van der Waals surface area (Å²) in [5, 5.41) is 6.39. The SMILES string of the molecule is Cl.Cl.O=C(CCn1ccnc1)NCCC1CCCNC1. The smallest absolute Gasteiger partial charge is 0.221 e. The minimum absolute atomic E-state index is 0. The van der Waals surface area contributed by atoms with Gasteiger partial charge in [0.15, 0.2) is 0 Å². The standard InChI is InChI=1S/C13H22N4O.2ClH/c18-13(4-8-17-9-7-15-11-17)16-6-3-12-2-1-5-14-10-12;;/h7,9,11-12,14H,1-6,8,10H2,(H,16,18);2*1H. The largest absolute Gasteiger partial charge is 0.356 e. The fourth-order valence-corrected chi connectivity index (χ4v) is 2.32. The van der Waals surface area contributed by atoms with Crippen LogP contribution in [0.5, 0.6) is 0 Å². The maximum Gasteiger partial charge on any atom is 0.221 e. The monoisotopic (exact) mass is 322 g/mol. The van der Waals surface area contributed by atoms with E-state index in [9.17, 15) is 4.79 Å². The number of piperidine rings is 1. The molecule has 1 amide bonds. The van der Waals surface area contributed by atoms with Crippen LogP contribution in [0.15, 0.2) is 18.7 Å². The Morgan fingerprint density at radius 2 is 2.30 bits per heavy atom. The van der Waals surface area contributed by atoms with E-state index in [1.807, 2.05) is 10.8 Å². The number of rotatable bonds is 6. The van der Waals surface area contributed by atoms with E-state index >= 15 is 0 Å². The van der Waals surface area contributed by atoms with E-state index < -0.39 is 0 Å². The molecule has 2 rings (SSSR count). The Bertz CT molecular complexity index is 353. The van der Waals surface area contributed by atoms with E-state index in [2.05, 4.69) is 15.6 Å². The van der Waals surface area contributed by atoms with Gasteiger partial charge in [0, 0.05) is 31.9 Å². The van der Waals surface area contributed by atoms with Gasteiger partial charge in [-0.3, -0.25) is 4.79 Å². The molecule has 1 aromatic heterocycles. The number of carbonyl (C=O) groups is 1. The number of halogens is 2. The molecule has 0 aromatic carbocycles. The van der Waals surface area contributed by atoms with Crippen molar-refractivity contribution < 1.29 is 4.79 Å². The lowest BCUT2D eigenvalue weighted by molar-refractivity contribution is -0.121. The van der Waals surface area contributed by atoms with E-state index in [0.717, 1.165) is 32.0 Å². The van der Waals surface area contributed by atoms with Gasteiger partial charge in [-0.25, -0.2) is 4.98 Å². The number of nitrogens with zero attached hydrogens (tertiary/aromatic N) is 2. The van der Waals surface area contributed by atoms with E-state index in [0.29, 0.717) is 13.0 Å². The van der Waals surface area contributed by atoms with Crippen LogP contribution in [0.1, 0.15) is 25.7 Å². The third-order valence-electron chi connectivity index (χ3n) is 3.43. The van der Waals surface area contributed by atoms with Gasteiger partial charge >= 0.3 is 0 Å². The number of aryl methyl sites for hydroxylation is 1. The van der Waals surface area contributed by atoms with Crippen molar-refractivity contribution in [3.05, 3.63) is 18.7 Å². The number of amides is 1. The van der Waals surface area contributed by atoms with Crippen LogP contribution < -0.4 is 10.6 Å². The van der Waals surface area contributed by atoms with Crippen molar-refractivity contribution in [3.63, 3.8) is 0 Å². The van der Waals surface area contributed by atoms with E-state index in [1.54, 1.807) is 12.5 Å². The van der Waals surface area contributed by atoms with Gasteiger partial charge in [0.05, 0.1) is 6.33 Å². The van der Waals surface area contributed by atoms with Gasteiger partial charge in [-0.05, 0) is 38.3 Å². The Morgan fingerprint density at radius 1 is 1.45 bits per heavy atom. The molecular formula is C13H24Cl2N4O. The Kier molecular flexibility index (Phi) is 10.5.